The van der Waals surface area contributed by atoms with Crippen LogP contribution < -0.4 is 10.6 Å². The van der Waals surface area contributed by atoms with Gasteiger partial charge in [-0.2, -0.15) is 0 Å². The minimum absolute atomic E-state index is 0.0547. The van der Waals surface area contributed by atoms with Gasteiger partial charge in [0, 0.05) is 59.5 Å². The van der Waals surface area contributed by atoms with E-state index in [1.165, 1.54) is 0 Å². The molecule has 2 heterocycles. The number of rotatable bonds is 7. The molecule has 7 heteroatoms. The Morgan fingerprint density at radius 2 is 1.95 bits per heavy atom. The first-order chi connectivity index (χ1) is 10.6. The molecule has 0 saturated carbocycles. The molecule has 0 aromatic heterocycles. The molecular weight excluding hydrogens is 284 g/mol. The van der Waals surface area contributed by atoms with Crippen LogP contribution in [0.5, 0.6) is 0 Å². The van der Waals surface area contributed by atoms with Gasteiger partial charge in [-0.3, -0.25) is 14.5 Å². The number of methoxy groups -OCH3 is 1. The van der Waals surface area contributed by atoms with Gasteiger partial charge in [0.2, 0.25) is 11.8 Å². The molecule has 0 aromatic rings. The van der Waals surface area contributed by atoms with Crippen LogP contribution in [0.1, 0.15) is 13.3 Å². The Balaban J connectivity index is 1.68. The van der Waals surface area contributed by atoms with E-state index in [-0.39, 0.29) is 23.8 Å². The average molecular weight is 312 g/mol. The molecule has 2 saturated heterocycles. The highest BCUT2D eigenvalue weighted by molar-refractivity contribution is 5.82. The van der Waals surface area contributed by atoms with Gasteiger partial charge in [-0.1, -0.05) is 0 Å². The van der Waals surface area contributed by atoms with Crippen LogP contribution in [0.2, 0.25) is 0 Å². The number of hydrogen-bond acceptors (Lipinski definition) is 5. The van der Waals surface area contributed by atoms with Crippen LogP contribution in [-0.4, -0.2) is 87.2 Å². The van der Waals surface area contributed by atoms with Gasteiger partial charge in [0.15, 0.2) is 0 Å². The van der Waals surface area contributed by atoms with Crippen molar-refractivity contribution in [2.45, 2.75) is 19.4 Å². The summed E-state index contributed by atoms with van der Waals surface area (Å²) >= 11 is 0. The molecule has 0 spiro atoms. The van der Waals surface area contributed by atoms with E-state index in [1.54, 1.807) is 7.11 Å². The van der Waals surface area contributed by atoms with Gasteiger partial charge < -0.3 is 20.3 Å². The minimum atomic E-state index is -0.148. The molecule has 1 unspecified atom stereocenters. The molecule has 0 radical (unpaired) electrons. The normalized spacial score (nSPS) is 21.3. The van der Waals surface area contributed by atoms with E-state index >= 15 is 0 Å². The summed E-state index contributed by atoms with van der Waals surface area (Å²) in [6, 6.07) is -0.148. The standard InChI is InChI=1S/C15H28N4O3/c1-12(14(20)17-4-3-9-22-2)18-5-7-19(8-6-18)15(21)13-10-16-11-13/h12-13,16H,3-11H2,1-2H3,(H,17,20). The molecule has 0 aromatic carbocycles. The SMILES string of the molecule is COCCCNC(=O)C(C)N1CCN(C(=O)C2CNC2)CC1. The number of ether oxygens (including phenoxy) is 1. The topological polar surface area (TPSA) is 73.9 Å². The summed E-state index contributed by atoms with van der Waals surface area (Å²) < 4.78 is 4.96. The summed E-state index contributed by atoms with van der Waals surface area (Å²) in [5.41, 5.74) is 0. The maximum atomic E-state index is 12.2. The summed E-state index contributed by atoms with van der Waals surface area (Å²) in [7, 11) is 1.66. The summed E-state index contributed by atoms with van der Waals surface area (Å²) in [6.07, 6.45) is 0.826. The molecule has 2 fully saturated rings. The van der Waals surface area contributed by atoms with Crippen molar-refractivity contribution >= 4 is 11.8 Å². The average Bonchev–Trinajstić information content (AvgIpc) is 2.49. The lowest BCUT2D eigenvalue weighted by Crippen LogP contribution is -2.58. The van der Waals surface area contributed by atoms with Crippen molar-refractivity contribution in [3.05, 3.63) is 0 Å². The minimum Gasteiger partial charge on any atom is -0.385 e. The monoisotopic (exact) mass is 312 g/mol. The summed E-state index contributed by atoms with van der Waals surface area (Å²) in [6.45, 7) is 7.80. The Bertz CT molecular complexity index is 379. The summed E-state index contributed by atoms with van der Waals surface area (Å²) in [5.74, 6) is 0.474. The highest BCUT2D eigenvalue weighted by Crippen LogP contribution is 2.12. The molecule has 126 valence electrons. The second-order valence-corrected chi connectivity index (χ2v) is 6.03. The third-order valence-corrected chi connectivity index (χ3v) is 4.51. The van der Waals surface area contributed by atoms with Crippen molar-refractivity contribution in [3.63, 3.8) is 0 Å². The van der Waals surface area contributed by atoms with Crippen LogP contribution in [0, 0.1) is 5.92 Å². The van der Waals surface area contributed by atoms with Crippen molar-refractivity contribution in [1.29, 1.82) is 0 Å². The molecule has 0 aliphatic carbocycles. The molecule has 2 amide bonds. The fraction of sp³-hybridized carbons (Fsp3) is 0.867. The maximum Gasteiger partial charge on any atom is 0.237 e. The molecule has 2 aliphatic heterocycles. The quantitative estimate of drug-likeness (QED) is 0.583. The van der Waals surface area contributed by atoms with Crippen molar-refractivity contribution < 1.29 is 14.3 Å². The van der Waals surface area contributed by atoms with Gasteiger partial charge in [-0.05, 0) is 13.3 Å². The molecule has 2 aliphatic rings. The number of nitrogens with zero attached hydrogens (tertiary/aromatic N) is 2. The van der Waals surface area contributed by atoms with Crippen molar-refractivity contribution in [3.8, 4) is 0 Å². The van der Waals surface area contributed by atoms with Crippen molar-refractivity contribution in [1.82, 2.24) is 20.4 Å². The van der Waals surface area contributed by atoms with E-state index in [0.29, 0.717) is 13.2 Å². The predicted octanol–water partition coefficient (Wildman–Crippen LogP) is -1.11. The fourth-order valence-electron chi connectivity index (χ4n) is 2.79. The van der Waals surface area contributed by atoms with E-state index < -0.39 is 0 Å². The maximum absolute atomic E-state index is 12.2. The molecule has 22 heavy (non-hydrogen) atoms. The fourth-order valence-corrected chi connectivity index (χ4v) is 2.79. The zero-order valence-electron chi connectivity index (χ0n) is 13.6. The van der Waals surface area contributed by atoms with E-state index in [1.807, 2.05) is 11.8 Å². The third kappa shape index (κ3) is 4.41. The molecule has 1 atom stereocenters. The Labute approximate surface area is 132 Å². The van der Waals surface area contributed by atoms with Crippen molar-refractivity contribution in [2.24, 2.45) is 5.92 Å². The number of piperazine rings is 1. The number of carbonyl (C=O) groups excluding carboxylic acids is 2. The lowest BCUT2D eigenvalue weighted by molar-refractivity contribution is -0.139. The van der Waals surface area contributed by atoms with Gasteiger partial charge in [-0.15, -0.1) is 0 Å². The Morgan fingerprint density at radius 1 is 1.27 bits per heavy atom. The highest BCUT2D eigenvalue weighted by Gasteiger charge is 2.32. The summed E-state index contributed by atoms with van der Waals surface area (Å²) in [4.78, 5) is 28.4. The summed E-state index contributed by atoms with van der Waals surface area (Å²) in [5, 5.41) is 6.07. The lowest BCUT2D eigenvalue weighted by Gasteiger charge is -2.40. The van der Waals surface area contributed by atoms with E-state index in [4.69, 9.17) is 4.74 Å². The van der Waals surface area contributed by atoms with Crippen LogP contribution in [0.3, 0.4) is 0 Å². The zero-order chi connectivity index (χ0) is 15.9. The first-order valence-electron chi connectivity index (χ1n) is 8.13. The molecule has 2 rings (SSSR count). The first-order valence-corrected chi connectivity index (χ1v) is 8.13. The number of nitrogens with one attached hydrogen (secondary N) is 2. The van der Waals surface area contributed by atoms with Crippen LogP contribution in [0.25, 0.3) is 0 Å². The van der Waals surface area contributed by atoms with Crippen LogP contribution >= 0.6 is 0 Å². The van der Waals surface area contributed by atoms with Crippen LogP contribution in [0.4, 0.5) is 0 Å². The number of amides is 2. The molecule has 2 N–H and O–H groups in total. The second kappa shape index (κ2) is 8.45. The largest absolute Gasteiger partial charge is 0.385 e. The number of carbonyl (C=O) groups is 2. The van der Waals surface area contributed by atoms with Crippen molar-refractivity contribution in [2.75, 3.05) is 59.5 Å². The first kappa shape index (κ1) is 17.2. The smallest absolute Gasteiger partial charge is 0.237 e. The van der Waals surface area contributed by atoms with Gasteiger partial charge in [-0.25, -0.2) is 0 Å². The Morgan fingerprint density at radius 3 is 2.50 bits per heavy atom. The highest BCUT2D eigenvalue weighted by atomic mass is 16.5. The zero-order valence-corrected chi connectivity index (χ0v) is 13.6. The van der Waals surface area contributed by atoms with E-state index in [2.05, 4.69) is 15.5 Å². The van der Waals surface area contributed by atoms with Crippen LogP contribution in [-0.2, 0) is 14.3 Å². The lowest BCUT2D eigenvalue weighted by atomic mass is 10.0. The molecule has 7 nitrogen and oxygen atoms in total. The number of hydrogen-bond donors (Lipinski definition) is 2. The van der Waals surface area contributed by atoms with Gasteiger partial charge in [0.05, 0.1) is 12.0 Å². The predicted molar refractivity (Wildman–Crippen MR) is 83.5 cm³/mol. The Hall–Kier alpha value is -1.18. The van der Waals surface area contributed by atoms with Gasteiger partial charge in [0.25, 0.3) is 0 Å². The Kier molecular flexibility index (Phi) is 6.60. The van der Waals surface area contributed by atoms with Gasteiger partial charge in [0.1, 0.15) is 0 Å². The van der Waals surface area contributed by atoms with Crippen LogP contribution in [0.15, 0.2) is 0 Å². The van der Waals surface area contributed by atoms with Gasteiger partial charge >= 0.3 is 0 Å². The van der Waals surface area contributed by atoms with E-state index in [0.717, 1.165) is 45.7 Å². The third-order valence-electron chi connectivity index (χ3n) is 4.51. The second-order valence-electron chi connectivity index (χ2n) is 6.03. The molecular formula is C15H28N4O3. The molecule has 0 bridgehead atoms. The van der Waals surface area contributed by atoms with E-state index in [9.17, 15) is 9.59 Å².